The van der Waals surface area contributed by atoms with E-state index in [2.05, 4.69) is 17.4 Å². The van der Waals surface area contributed by atoms with Gasteiger partial charge in [0.25, 0.3) is 0 Å². The Kier molecular flexibility index (Phi) is 9.23. The first kappa shape index (κ1) is 28.3. The molecule has 1 fully saturated rings. The molecule has 2 atom stereocenters. The van der Waals surface area contributed by atoms with E-state index in [1.165, 1.54) is 38.7 Å². The lowest BCUT2D eigenvalue weighted by Gasteiger charge is -2.28. The first-order chi connectivity index (χ1) is 18.2. The fourth-order valence-electron chi connectivity index (χ4n) is 5.34. The summed E-state index contributed by atoms with van der Waals surface area (Å²) >= 11 is 0. The summed E-state index contributed by atoms with van der Waals surface area (Å²) in [5, 5.41) is 23.9. The Bertz CT molecular complexity index is 1120. The molecular weight excluding hydrogens is 489 g/mol. The highest BCUT2D eigenvalue weighted by Crippen LogP contribution is 2.37. The predicted molar refractivity (Wildman–Crippen MR) is 143 cm³/mol. The molecule has 4 rings (SSSR count). The van der Waals surface area contributed by atoms with Crippen molar-refractivity contribution in [3.63, 3.8) is 0 Å². The SMILES string of the molecule is COc1c(F)cc(C(C)(C)O)cc1[C@@H](C(=O)O)N1CC[C@@H](OCCCCCc2ccc3c(n2)NCCC3)C1. The summed E-state index contributed by atoms with van der Waals surface area (Å²) in [4.78, 5) is 18.9. The zero-order valence-electron chi connectivity index (χ0n) is 22.6. The number of fused-ring (bicyclic) bond motifs is 1. The van der Waals surface area contributed by atoms with Crippen molar-refractivity contribution in [2.24, 2.45) is 0 Å². The largest absolute Gasteiger partial charge is 0.493 e. The minimum Gasteiger partial charge on any atom is -0.493 e. The normalized spacial score (nSPS) is 18.6. The fraction of sp³-hybridized carbons (Fsp3) is 0.586. The molecule has 38 heavy (non-hydrogen) atoms. The lowest BCUT2D eigenvalue weighted by atomic mass is 9.93. The van der Waals surface area contributed by atoms with Crippen LogP contribution in [0.3, 0.4) is 0 Å². The number of aliphatic carboxylic acids is 1. The molecule has 0 bridgehead atoms. The molecule has 208 valence electrons. The number of anilines is 1. The van der Waals surface area contributed by atoms with Crippen LogP contribution in [0.1, 0.15) is 74.4 Å². The average molecular weight is 530 g/mol. The Morgan fingerprint density at radius 2 is 2.11 bits per heavy atom. The number of carboxylic acid groups (broad SMARTS) is 1. The third-order valence-electron chi connectivity index (χ3n) is 7.44. The Balaban J connectivity index is 1.27. The molecule has 0 spiro atoms. The number of hydrogen-bond donors (Lipinski definition) is 3. The topological polar surface area (TPSA) is 104 Å². The maximum absolute atomic E-state index is 14.8. The molecule has 0 aliphatic carbocycles. The fourth-order valence-corrected chi connectivity index (χ4v) is 5.34. The Morgan fingerprint density at radius 3 is 2.84 bits per heavy atom. The number of rotatable bonds is 12. The highest BCUT2D eigenvalue weighted by Gasteiger charge is 2.37. The van der Waals surface area contributed by atoms with Crippen molar-refractivity contribution in [3.05, 3.63) is 52.5 Å². The number of nitrogens with one attached hydrogen (secondary N) is 1. The quantitative estimate of drug-likeness (QED) is 0.347. The van der Waals surface area contributed by atoms with Gasteiger partial charge in [-0.3, -0.25) is 9.69 Å². The third-order valence-corrected chi connectivity index (χ3v) is 7.44. The smallest absolute Gasteiger partial charge is 0.325 e. The van der Waals surface area contributed by atoms with Crippen LogP contribution in [0, 0.1) is 5.82 Å². The summed E-state index contributed by atoms with van der Waals surface area (Å²) in [6, 6.07) is 5.94. The molecule has 3 N–H and O–H groups in total. The van der Waals surface area contributed by atoms with E-state index in [4.69, 9.17) is 14.5 Å². The van der Waals surface area contributed by atoms with E-state index in [0.717, 1.165) is 56.6 Å². The first-order valence-electron chi connectivity index (χ1n) is 13.6. The second-order valence-electron chi connectivity index (χ2n) is 10.8. The molecule has 0 radical (unpaired) electrons. The Morgan fingerprint density at radius 1 is 1.29 bits per heavy atom. The summed E-state index contributed by atoms with van der Waals surface area (Å²) in [6.07, 6.45) is 6.80. The number of pyridine rings is 1. The molecule has 2 aliphatic rings. The summed E-state index contributed by atoms with van der Waals surface area (Å²) in [6.45, 7) is 5.62. The highest BCUT2D eigenvalue weighted by molar-refractivity contribution is 5.77. The van der Waals surface area contributed by atoms with Gasteiger partial charge in [0.05, 0.1) is 18.8 Å². The van der Waals surface area contributed by atoms with Crippen LogP contribution in [0.15, 0.2) is 24.3 Å². The van der Waals surface area contributed by atoms with Crippen LogP contribution in [0.25, 0.3) is 0 Å². The number of likely N-dealkylation sites (tertiary alicyclic amines) is 1. The van der Waals surface area contributed by atoms with Gasteiger partial charge in [-0.05, 0) is 81.7 Å². The van der Waals surface area contributed by atoms with E-state index in [-0.39, 0.29) is 17.4 Å². The third kappa shape index (κ3) is 6.81. The van der Waals surface area contributed by atoms with Gasteiger partial charge in [-0.25, -0.2) is 9.37 Å². The van der Waals surface area contributed by atoms with Gasteiger partial charge in [0.1, 0.15) is 11.9 Å². The molecule has 1 aromatic heterocycles. The van der Waals surface area contributed by atoms with E-state index in [1.54, 1.807) is 4.90 Å². The van der Waals surface area contributed by atoms with Gasteiger partial charge < -0.3 is 25.0 Å². The molecule has 8 nitrogen and oxygen atoms in total. The van der Waals surface area contributed by atoms with Gasteiger partial charge in [-0.2, -0.15) is 0 Å². The predicted octanol–water partition coefficient (Wildman–Crippen LogP) is 4.44. The number of carboxylic acids is 1. The number of methoxy groups -OCH3 is 1. The minimum absolute atomic E-state index is 0.0847. The lowest BCUT2D eigenvalue weighted by Crippen LogP contribution is -2.34. The molecule has 3 heterocycles. The minimum atomic E-state index is -1.32. The van der Waals surface area contributed by atoms with Crippen molar-refractivity contribution in [3.8, 4) is 5.75 Å². The summed E-state index contributed by atoms with van der Waals surface area (Å²) in [5.41, 5.74) is 1.59. The second kappa shape index (κ2) is 12.4. The molecule has 9 heteroatoms. The summed E-state index contributed by atoms with van der Waals surface area (Å²) in [7, 11) is 1.32. The highest BCUT2D eigenvalue weighted by atomic mass is 19.1. The van der Waals surface area contributed by atoms with Crippen molar-refractivity contribution in [2.45, 2.75) is 76.5 Å². The molecular formula is C29H40FN3O5. The average Bonchev–Trinajstić information content (AvgIpc) is 3.33. The van der Waals surface area contributed by atoms with Crippen molar-refractivity contribution < 1.29 is 28.9 Å². The summed E-state index contributed by atoms with van der Waals surface area (Å²) < 4.78 is 26.1. The zero-order valence-corrected chi connectivity index (χ0v) is 22.6. The lowest BCUT2D eigenvalue weighted by molar-refractivity contribution is -0.143. The van der Waals surface area contributed by atoms with Crippen LogP contribution >= 0.6 is 0 Å². The number of aliphatic hydroxyl groups is 1. The molecule has 0 saturated carbocycles. The van der Waals surface area contributed by atoms with Crippen molar-refractivity contribution >= 4 is 11.8 Å². The van der Waals surface area contributed by atoms with Crippen molar-refractivity contribution in [1.29, 1.82) is 0 Å². The summed E-state index contributed by atoms with van der Waals surface area (Å²) in [5.74, 6) is -0.863. The molecule has 1 aromatic carbocycles. The second-order valence-corrected chi connectivity index (χ2v) is 10.8. The number of carbonyl (C=O) groups is 1. The monoisotopic (exact) mass is 529 g/mol. The molecule has 1 saturated heterocycles. The maximum atomic E-state index is 14.8. The van der Waals surface area contributed by atoms with Crippen LogP contribution in [0.2, 0.25) is 0 Å². The number of ether oxygens (including phenoxy) is 2. The number of aryl methyl sites for hydroxylation is 2. The molecule has 2 aliphatic heterocycles. The van der Waals surface area contributed by atoms with Gasteiger partial charge in [0, 0.05) is 37.5 Å². The Labute approximate surface area is 224 Å². The van der Waals surface area contributed by atoms with E-state index < -0.39 is 23.4 Å². The van der Waals surface area contributed by atoms with Crippen LogP contribution in [-0.4, -0.2) is 65.5 Å². The molecule has 0 unspecified atom stereocenters. The van der Waals surface area contributed by atoms with Crippen molar-refractivity contribution in [1.82, 2.24) is 9.88 Å². The number of aromatic nitrogens is 1. The number of hydrogen-bond acceptors (Lipinski definition) is 7. The standard InChI is InChI=1S/C29H40FN3O5/c1-29(2,36)20-16-23(26(37-3)24(30)17-20)25(28(34)35)33-14-12-22(18-33)38-15-6-4-5-9-21-11-10-19-8-7-13-31-27(19)32-21/h10-11,16-17,22,25,36H,4-9,12-15,18H2,1-3H3,(H,31,32)(H,34,35)/t22-,25+/m1/s1. The van der Waals surface area contributed by atoms with Crippen LogP contribution in [0.4, 0.5) is 10.2 Å². The number of halogens is 1. The van der Waals surface area contributed by atoms with Crippen LogP contribution in [-0.2, 0) is 28.0 Å². The van der Waals surface area contributed by atoms with Gasteiger partial charge in [0.15, 0.2) is 11.6 Å². The van der Waals surface area contributed by atoms with E-state index >= 15 is 0 Å². The Hall–Kier alpha value is -2.75. The number of unbranched alkanes of at least 4 members (excludes halogenated alkanes) is 2. The van der Waals surface area contributed by atoms with Gasteiger partial charge in [0.2, 0.25) is 0 Å². The van der Waals surface area contributed by atoms with E-state index in [1.807, 2.05) is 0 Å². The van der Waals surface area contributed by atoms with Crippen LogP contribution in [0.5, 0.6) is 5.75 Å². The van der Waals surface area contributed by atoms with Crippen molar-refractivity contribution in [2.75, 3.05) is 38.7 Å². The first-order valence-corrected chi connectivity index (χ1v) is 13.6. The number of benzene rings is 1. The molecule has 2 aromatic rings. The van der Waals surface area contributed by atoms with E-state index in [9.17, 15) is 19.4 Å². The van der Waals surface area contributed by atoms with Gasteiger partial charge in [-0.1, -0.05) is 12.5 Å². The van der Waals surface area contributed by atoms with E-state index in [0.29, 0.717) is 31.7 Å². The van der Waals surface area contributed by atoms with Crippen LogP contribution < -0.4 is 10.1 Å². The van der Waals surface area contributed by atoms with Gasteiger partial charge in [-0.15, -0.1) is 0 Å². The number of nitrogens with zero attached hydrogens (tertiary/aromatic N) is 2. The zero-order chi connectivity index (χ0) is 27.3. The van der Waals surface area contributed by atoms with Gasteiger partial charge >= 0.3 is 5.97 Å². The maximum Gasteiger partial charge on any atom is 0.325 e. The molecule has 0 amide bonds.